The van der Waals surface area contributed by atoms with Crippen LogP contribution in [-0.4, -0.2) is 18.9 Å². The summed E-state index contributed by atoms with van der Waals surface area (Å²) in [5.74, 6) is 1.61. The van der Waals surface area contributed by atoms with Crippen molar-refractivity contribution in [3.05, 3.63) is 75.7 Å². The second-order valence-corrected chi connectivity index (χ2v) is 15.1. The van der Waals surface area contributed by atoms with Crippen LogP contribution in [0.25, 0.3) is 5.32 Å². The summed E-state index contributed by atoms with van der Waals surface area (Å²) in [6.45, 7) is 33.7. The second-order valence-electron chi connectivity index (χ2n) is 15.1. The maximum Gasteiger partial charge on any atom is 0.0702 e. The van der Waals surface area contributed by atoms with Crippen LogP contribution in [0.4, 0.5) is 11.4 Å². The number of ether oxygens (including phenoxy) is 1. The molecular weight excluding hydrogens is 571 g/mol. The Balaban J connectivity index is 0.00000139. The first-order valence-corrected chi connectivity index (χ1v) is 16.3. The summed E-state index contributed by atoms with van der Waals surface area (Å²) in [4.78, 5) is 5.46. The van der Waals surface area contributed by atoms with E-state index in [-0.39, 0.29) is 27.3 Å². The van der Waals surface area contributed by atoms with E-state index in [1.165, 1.54) is 35.1 Å². The molecule has 3 nitrogen and oxygen atoms in total. The Hall–Kier alpha value is -1.90. The predicted octanol–water partition coefficient (Wildman–Crippen LogP) is 12.7. The van der Waals surface area contributed by atoms with Gasteiger partial charge in [-0.15, -0.1) is 5.69 Å². The number of rotatable bonds is 8. The topological polar surface area (TPSA) is 35.7 Å². The van der Waals surface area contributed by atoms with Crippen LogP contribution in [-0.2, 0) is 21.2 Å². The molecule has 4 heteroatoms. The normalized spacial score (nSPS) is 14.7. The van der Waals surface area contributed by atoms with Crippen molar-refractivity contribution in [1.82, 2.24) is 0 Å². The molecule has 0 atom stereocenters. The third-order valence-corrected chi connectivity index (χ3v) is 7.79. The van der Waals surface area contributed by atoms with Crippen LogP contribution >= 0.6 is 0 Å². The summed E-state index contributed by atoms with van der Waals surface area (Å²) in [6.07, 6.45) is 4.84. The Kier molecular flexibility index (Phi) is 15.4. The molecule has 2 aromatic rings. The van der Waals surface area contributed by atoms with Crippen LogP contribution < -0.4 is 0 Å². The third-order valence-electron chi connectivity index (χ3n) is 7.79. The van der Waals surface area contributed by atoms with Crippen molar-refractivity contribution in [1.29, 1.82) is 0 Å². The fraction of sp³-hybridized carbons (Fsp3) is 0.615. The van der Waals surface area contributed by atoms with Crippen molar-refractivity contribution in [2.45, 2.75) is 133 Å². The van der Waals surface area contributed by atoms with Crippen molar-refractivity contribution in [3.8, 4) is 0 Å². The van der Waals surface area contributed by atoms with Gasteiger partial charge in [0.15, 0.2) is 0 Å². The van der Waals surface area contributed by atoms with E-state index in [9.17, 15) is 0 Å². The Bertz CT molecular complexity index is 1140. The van der Waals surface area contributed by atoms with Gasteiger partial charge in [-0.2, -0.15) is 5.70 Å². The zero-order valence-corrected chi connectivity index (χ0v) is 30.8. The molecule has 2 aromatic carbocycles. The van der Waals surface area contributed by atoms with Crippen LogP contribution in [0.1, 0.15) is 156 Å². The quantitative estimate of drug-likeness (QED) is 0.211. The number of hydrogen-bond donors (Lipinski definition) is 0. The van der Waals surface area contributed by atoms with Gasteiger partial charge >= 0.3 is 0 Å². The van der Waals surface area contributed by atoms with Gasteiger partial charge in [-0.3, -0.25) is 4.99 Å². The second kappa shape index (κ2) is 17.0. The average Bonchev–Trinajstić information content (AvgIpc) is 3.46. The van der Waals surface area contributed by atoms with Crippen LogP contribution in [0, 0.1) is 10.8 Å². The molecule has 1 heterocycles. The van der Waals surface area contributed by atoms with E-state index in [1.54, 1.807) is 0 Å². The van der Waals surface area contributed by atoms with Crippen LogP contribution in [0.2, 0.25) is 0 Å². The molecular formula is C39H61N2NiO-. The maximum atomic E-state index is 5.46. The zero-order valence-electron chi connectivity index (χ0n) is 29.8. The third kappa shape index (κ3) is 11.5. The average molecular weight is 633 g/mol. The zero-order chi connectivity index (χ0) is 31.8. The standard InChI is InChI=1S/C35H53N2.C4H8O.Ni/c1-22(2)26-17-15-18-27(23(3)4)32(26)36-30(34(9,10)11)21-31(35(12,13)14)37-33-28(24(5)6)19-16-20-29(33)25(7)8;1-2-4-5-3-1;/h15-25H,1-14H3;1-4H2;/q-1;;/b30-21-,37-31+;;. The molecule has 0 saturated carbocycles. The van der Waals surface area contributed by atoms with Gasteiger partial charge in [0.1, 0.15) is 0 Å². The summed E-state index contributed by atoms with van der Waals surface area (Å²) in [6, 6.07) is 13.3. The molecule has 1 aliphatic rings. The smallest absolute Gasteiger partial charge is 0.0702 e. The summed E-state index contributed by atoms with van der Waals surface area (Å²) in [5.41, 5.74) is 9.37. The molecule has 0 aliphatic carbocycles. The molecule has 1 fully saturated rings. The first-order valence-electron chi connectivity index (χ1n) is 16.3. The van der Waals surface area contributed by atoms with Gasteiger partial charge in [0.2, 0.25) is 0 Å². The van der Waals surface area contributed by atoms with E-state index in [0.29, 0.717) is 23.7 Å². The molecule has 3 rings (SSSR count). The van der Waals surface area contributed by atoms with Crippen LogP contribution in [0.15, 0.2) is 53.2 Å². The molecule has 0 N–H and O–H groups in total. The maximum absolute atomic E-state index is 5.46. The molecule has 1 saturated heterocycles. The number of nitrogens with zero attached hydrogens (tertiary/aromatic N) is 2. The van der Waals surface area contributed by atoms with Crippen LogP contribution in [0.5, 0.6) is 0 Å². The minimum Gasteiger partial charge on any atom is -0.660 e. The first kappa shape index (κ1) is 39.1. The molecule has 43 heavy (non-hydrogen) atoms. The predicted molar refractivity (Wildman–Crippen MR) is 186 cm³/mol. The molecule has 0 radical (unpaired) electrons. The minimum absolute atomic E-state index is 0. The fourth-order valence-corrected chi connectivity index (χ4v) is 5.00. The molecule has 0 bridgehead atoms. The Morgan fingerprint density at radius 3 is 1.37 bits per heavy atom. The van der Waals surface area contributed by atoms with E-state index in [0.717, 1.165) is 36.0 Å². The van der Waals surface area contributed by atoms with Crippen LogP contribution in [0.3, 0.4) is 0 Å². The number of hydrogen-bond acceptors (Lipinski definition) is 2. The number of benzene rings is 2. The summed E-state index contributed by atoms with van der Waals surface area (Å²) >= 11 is 0. The Labute approximate surface area is 275 Å². The van der Waals surface area contributed by atoms with Crippen molar-refractivity contribution >= 4 is 17.1 Å². The summed E-state index contributed by atoms with van der Waals surface area (Å²) in [7, 11) is 0. The van der Waals surface area contributed by atoms with Crippen molar-refractivity contribution in [2.75, 3.05) is 13.2 Å². The van der Waals surface area contributed by atoms with E-state index in [2.05, 4.69) is 139 Å². The van der Waals surface area contributed by atoms with Gasteiger partial charge in [-0.25, -0.2) is 0 Å². The van der Waals surface area contributed by atoms with Gasteiger partial charge in [0.05, 0.1) is 5.69 Å². The van der Waals surface area contributed by atoms with Crippen molar-refractivity contribution < 1.29 is 21.2 Å². The van der Waals surface area contributed by atoms with E-state index >= 15 is 0 Å². The number of para-hydroxylation sites is 2. The molecule has 0 unspecified atom stereocenters. The van der Waals surface area contributed by atoms with Gasteiger partial charge < -0.3 is 10.1 Å². The Morgan fingerprint density at radius 2 is 1.07 bits per heavy atom. The Morgan fingerprint density at radius 1 is 0.674 bits per heavy atom. The van der Waals surface area contributed by atoms with E-state index < -0.39 is 0 Å². The first-order chi connectivity index (χ1) is 19.4. The molecule has 1 aliphatic heterocycles. The van der Waals surface area contributed by atoms with Gasteiger partial charge in [0.25, 0.3) is 0 Å². The summed E-state index contributed by atoms with van der Waals surface area (Å²) < 4.78 is 4.94. The van der Waals surface area contributed by atoms with Crippen molar-refractivity contribution in [2.24, 2.45) is 15.8 Å². The van der Waals surface area contributed by atoms with Gasteiger partial charge in [-0.05, 0) is 53.1 Å². The largest absolute Gasteiger partial charge is 0.660 e. The molecule has 0 spiro atoms. The van der Waals surface area contributed by atoms with Gasteiger partial charge in [-0.1, -0.05) is 151 Å². The van der Waals surface area contributed by atoms with Crippen molar-refractivity contribution in [3.63, 3.8) is 0 Å². The molecule has 0 amide bonds. The molecule has 244 valence electrons. The summed E-state index contributed by atoms with van der Waals surface area (Å²) in [5, 5.41) is 5.46. The van der Waals surface area contributed by atoms with Gasteiger partial charge in [0, 0.05) is 40.8 Å². The fourth-order valence-electron chi connectivity index (χ4n) is 5.00. The van der Waals surface area contributed by atoms with E-state index in [4.69, 9.17) is 15.0 Å². The number of allylic oxidation sites excluding steroid dienone is 2. The minimum atomic E-state index is -0.136. The SMILES string of the molecule is C1CCOC1.CC(C)c1cccc(C(C)C)c1/N=C(\C=C(/[N-]c1c(C(C)C)cccc1C(C)C)C(C)(C)C)C(C)(C)C.[Ni]. The van der Waals surface area contributed by atoms with E-state index in [1.807, 2.05) is 0 Å². The monoisotopic (exact) mass is 631 g/mol. The number of aliphatic imine (C=N–C) groups is 1. The molecule has 0 aromatic heterocycles.